The minimum absolute atomic E-state index is 0.0447. The Balaban J connectivity index is 3.43. The Bertz CT molecular complexity index is 414. The summed E-state index contributed by atoms with van der Waals surface area (Å²) in [5.41, 5.74) is 4.82. The van der Waals surface area contributed by atoms with Crippen LogP contribution in [0.2, 0.25) is 0 Å². The van der Waals surface area contributed by atoms with Crippen molar-refractivity contribution in [1.82, 2.24) is 0 Å². The summed E-state index contributed by atoms with van der Waals surface area (Å²) in [6.45, 7) is 1.22. The third-order valence-electron chi connectivity index (χ3n) is 1.73. The summed E-state index contributed by atoms with van der Waals surface area (Å²) in [5.74, 6) is -0.883. The number of hydrogen-bond donors (Lipinski definition) is 2. The Morgan fingerprint density at radius 2 is 2.14 bits per heavy atom. The molecule has 0 aromatic heterocycles. The van der Waals surface area contributed by atoms with Gasteiger partial charge >= 0.3 is 0 Å². The second kappa shape index (κ2) is 3.33. The fourth-order valence-corrected chi connectivity index (χ4v) is 1.02. The van der Waals surface area contributed by atoms with Crippen molar-refractivity contribution in [3.8, 4) is 5.75 Å². The molecule has 6 nitrogen and oxygen atoms in total. The van der Waals surface area contributed by atoms with Gasteiger partial charge in [0.2, 0.25) is 0 Å². The van der Waals surface area contributed by atoms with Gasteiger partial charge in [0.1, 0.15) is 5.75 Å². The number of anilines is 1. The molecule has 0 atom stereocenters. The zero-order chi connectivity index (χ0) is 10.9. The third kappa shape index (κ3) is 1.63. The van der Waals surface area contributed by atoms with Crippen LogP contribution in [-0.4, -0.2) is 15.8 Å². The number of benzene rings is 1. The molecule has 0 heterocycles. The number of aromatic hydroxyl groups is 1. The lowest BCUT2D eigenvalue weighted by atomic mass is 10.1. The first kappa shape index (κ1) is 9.97. The summed E-state index contributed by atoms with van der Waals surface area (Å²) in [7, 11) is 0. The van der Waals surface area contributed by atoms with Crippen LogP contribution in [-0.2, 0) is 0 Å². The Labute approximate surface area is 79.1 Å². The van der Waals surface area contributed by atoms with Crippen molar-refractivity contribution in [2.75, 3.05) is 5.73 Å². The molecule has 0 saturated carbocycles. The predicted octanol–water partition coefficient (Wildman–Crippen LogP) is 1.09. The van der Waals surface area contributed by atoms with E-state index in [2.05, 4.69) is 0 Å². The van der Waals surface area contributed by atoms with Crippen LogP contribution in [0.4, 0.5) is 11.4 Å². The topological polar surface area (TPSA) is 106 Å². The van der Waals surface area contributed by atoms with Gasteiger partial charge in [0.05, 0.1) is 22.2 Å². The summed E-state index contributed by atoms with van der Waals surface area (Å²) < 4.78 is 0. The molecule has 3 N–H and O–H groups in total. The van der Waals surface area contributed by atoms with Crippen molar-refractivity contribution in [2.45, 2.75) is 6.92 Å². The number of hydrogen-bond acceptors (Lipinski definition) is 5. The monoisotopic (exact) mass is 196 g/mol. The van der Waals surface area contributed by atoms with Crippen LogP contribution in [0.3, 0.4) is 0 Å². The number of Topliss-reactive ketones (excluding diaryl/α,β-unsaturated/α-hetero) is 1. The van der Waals surface area contributed by atoms with Crippen molar-refractivity contribution in [1.29, 1.82) is 0 Å². The van der Waals surface area contributed by atoms with E-state index in [-0.39, 0.29) is 16.9 Å². The minimum Gasteiger partial charge on any atom is -0.506 e. The highest BCUT2D eigenvalue weighted by Gasteiger charge is 2.16. The van der Waals surface area contributed by atoms with Gasteiger partial charge in [-0.05, 0) is 6.92 Å². The van der Waals surface area contributed by atoms with Crippen LogP contribution in [0, 0.1) is 10.1 Å². The highest BCUT2D eigenvalue weighted by atomic mass is 16.6. The van der Waals surface area contributed by atoms with Gasteiger partial charge < -0.3 is 10.8 Å². The number of rotatable bonds is 2. The standard InChI is InChI=1S/C8H8N2O4/c1-4(11)6-2-5(10(13)14)3-7(12)8(6)9/h2-3,12H,9H2,1H3. The molecular formula is C8H8N2O4. The molecule has 6 heteroatoms. The molecule has 0 fully saturated rings. The van der Waals surface area contributed by atoms with E-state index in [1.165, 1.54) is 6.92 Å². The maximum atomic E-state index is 11.0. The first-order valence-corrected chi connectivity index (χ1v) is 3.71. The number of phenolic OH excluding ortho intramolecular Hbond substituents is 1. The zero-order valence-corrected chi connectivity index (χ0v) is 7.35. The molecule has 0 spiro atoms. The number of non-ortho nitro benzene ring substituents is 1. The van der Waals surface area contributed by atoms with E-state index in [4.69, 9.17) is 5.73 Å². The van der Waals surface area contributed by atoms with Gasteiger partial charge in [0, 0.05) is 6.07 Å². The number of phenols is 1. The van der Waals surface area contributed by atoms with E-state index in [9.17, 15) is 20.0 Å². The Morgan fingerprint density at radius 1 is 1.57 bits per heavy atom. The molecule has 0 aliphatic heterocycles. The summed E-state index contributed by atoms with van der Waals surface area (Å²) in [6, 6.07) is 1.94. The number of nitro benzene ring substituents is 1. The van der Waals surface area contributed by atoms with Crippen LogP contribution >= 0.6 is 0 Å². The molecule has 0 aliphatic carbocycles. The van der Waals surface area contributed by atoms with Gasteiger partial charge in [-0.25, -0.2) is 0 Å². The molecule has 0 unspecified atom stereocenters. The van der Waals surface area contributed by atoms with Crippen LogP contribution in [0.5, 0.6) is 5.75 Å². The summed E-state index contributed by atoms with van der Waals surface area (Å²) in [5, 5.41) is 19.6. The van der Waals surface area contributed by atoms with Gasteiger partial charge in [0.25, 0.3) is 5.69 Å². The van der Waals surface area contributed by atoms with E-state index < -0.39 is 16.5 Å². The molecule has 1 aromatic rings. The zero-order valence-electron chi connectivity index (χ0n) is 7.35. The Morgan fingerprint density at radius 3 is 2.57 bits per heavy atom. The molecule has 14 heavy (non-hydrogen) atoms. The SMILES string of the molecule is CC(=O)c1cc([N+](=O)[O-])cc(O)c1N. The highest BCUT2D eigenvalue weighted by molar-refractivity contribution is 6.01. The van der Waals surface area contributed by atoms with Crippen molar-refractivity contribution >= 4 is 17.2 Å². The van der Waals surface area contributed by atoms with Gasteiger partial charge in [-0.15, -0.1) is 0 Å². The molecule has 0 radical (unpaired) electrons. The van der Waals surface area contributed by atoms with Crippen LogP contribution in [0.1, 0.15) is 17.3 Å². The average Bonchev–Trinajstić information content (AvgIpc) is 2.08. The maximum absolute atomic E-state index is 11.0. The number of carbonyl (C=O) groups excluding carboxylic acids is 1. The van der Waals surface area contributed by atoms with Crippen molar-refractivity contribution in [3.05, 3.63) is 27.8 Å². The fourth-order valence-electron chi connectivity index (χ4n) is 1.02. The van der Waals surface area contributed by atoms with Crippen LogP contribution < -0.4 is 5.73 Å². The lowest BCUT2D eigenvalue weighted by molar-refractivity contribution is -0.384. The molecule has 1 aromatic carbocycles. The molecule has 1 rings (SSSR count). The number of nitrogens with zero attached hydrogens (tertiary/aromatic N) is 1. The van der Waals surface area contributed by atoms with Crippen molar-refractivity contribution < 1.29 is 14.8 Å². The van der Waals surface area contributed by atoms with Crippen molar-refractivity contribution in [2.24, 2.45) is 0 Å². The number of ketones is 1. The fraction of sp³-hybridized carbons (Fsp3) is 0.125. The Hall–Kier alpha value is -2.11. The third-order valence-corrected chi connectivity index (χ3v) is 1.73. The largest absolute Gasteiger partial charge is 0.506 e. The highest BCUT2D eigenvalue weighted by Crippen LogP contribution is 2.29. The summed E-state index contributed by atoms with van der Waals surface area (Å²) in [6.07, 6.45) is 0. The lowest BCUT2D eigenvalue weighted by Crippen LogP contribution is -2.01. The summed E-state index contributed by atoms with van der Waals surface area (Å²) >= 11 is 0. The molecule has 0 saturated heterocycles. The maximum Gasteiger partial charge on any atom is 0.274 e. The van der Waals surface area contributed by atoms with Crippen molar-refractivity contribution in [3.63, 3.8) is 0 Å². The van der Waals surface area contributed by atoms with Gasteiger partial charge in [-0.3, -0.25) is 14.9 Å². The number of nitrogen functional groups attached to an aromatic ring is 1. The minimum atomic E-state index is -0.703. The second-order valence-electron chi connectivity index (χ2n) is 2.74. The number of carbonyl (C=O) groups is 1. The predicted molar refractivity (Wildman–Crippen MR) is 49.2 cm³/mol. The van der Waals surface area contributed by atoms with E-state index in [0.717, 1.165) is 12.1 Å². The van der Waals surface area contributed by atoms with Gasteiger partial charge in [0.15, 0.2) is 5.78 Å². The molecule has 0 aliphatic rings. The van der Waals surface area contributed by atoms with Crippen LogP contribution in [0.15, 0.2) is 12.1 Å². The number of nitro groups is 1. The number of nitrogens with two attached hydrogens (primary N) is 1. The smallest absolute Gasteiger partial charge is 0.274 e. The normalized spacial score (nSPS) is 9.79. The van der Waals surface area contributed by atoms with E-state index in [1.807, 2.05) is 0 Å². The first-order valence-electron chi connectivity index (χ1n) is 3.71. The molecular weight excluding hydrogens is 188 g/mol. The lowest BCUT2D eigenvalue weighted by Gasteiger charge is -2.03. The summed E-state index contributed by atoms with van der Waals surface area (Å²) in [4.78, 5) is 20.7. The van der Waals surface area contributed by atoms with E-state index >= 15 is 0 Å². The average molecular weight is 196 g/mol. The quantitative estimate of drug-likeness (QED) is 0.242. The Kier molecular flexibility index (Phi) is 2.37. The van der Waals surface area contributed by atoms with Crippen LogP contribution in [0.25, 0.3) is 0 Å². The van der Waals surface area contributed by atoms with E-state index in [0.29, 0.717) is 0 Å². The van der Waals surface area contributed by atoms with Gasteiger partial charge in [-0.1, -0.05) is 0 Å². The molecule has 0 amide bonds. The molecule has 74 valence electrons. The second-order valence-corrected chi connectivity index (χ2v) is 2.74. The first-order chi connectivity index (χ1) is 6.43. The molecule has 0 bridgehead atoms. The van der Waals surface area contributed by atoms with E-state index in [1.54, 1.807) is 0 Å². The van der Waals surface area contributed by atoms with Gasteiger partial charge in [-0.2, -0.15) is 0 Å².